The van der Waals surface area contributed by atoms with Gasteiger partial charge in [0.2, 0.25) is 17.6 Å². The normalized spacial score (nSPS) is 17.2. The minimum absolute atomic E-state index is 0.0876. The van der Waals surface area contributed by atoms with Gasteiger partial charge in [0.05, 0.1) is 7.11 Å². The van der Waals surface area contributed by atoms with Crippen molar-refractivity contribution >= 4 is 41.6 Å². The van der Waals surface area contributed by atoms with E-state index in [0.717, 1.165) is 22.3 Å². The molecular formula is C52H64F4N8O9. The van der Waals surface area contributed by atoms with Crippen LogP contribution in [-0.4, -0.2) is 112 Å². The van der Waals surface area contributed by atoms with E-state index in [0.29, 0.717) is 70.8 Å². The smallest absolute Gasteiger partial charge is 0.412 e. The van der Waals surface area contributed by atoms with Crippen LogP contribution in [-0.2, 0) is 40.9 Å². The number of methoxy groups -OCH3 is 1. The lowest BCUT2D eigenvalue weighted by Gasteiger charge is -2.33. The number of alkyl halides is 4. The average molecular weight is 1020 g/mol. The number of halogens is 4. The highest BCUT2D eigenvalue weighted by Gasteiger charge is 2.66. The average Bonchev–Trinajstić information content (AvgIpc) is 3.84. The summed E-state index contributed by atoms with van der Waals surface area (Å²) in [5.41, 5.74) is 2.92. The van der Waals surface area contributed by atoms with Gasteiger partial charge in [0.1, 0.15) is 17.2 Å². The Morgan fingerprint density at radius 3 is 2.00 bits per heavy atom. The summed E-state index contributed by atoms with van der Waals surface area (Å²) in [5.74, 6) is -16.1. The summed E-state index contributed by atoms with van der Waals surface area (Å²) >= 11 is 0. The number of likely N-dealkylation sites (tertiary alicyclic amines) is 1. The van der Waals surface area contributed by atoms with Gasteiger partial charge in [-0.15, -0.1) is 0 Å². The van der Waals surface area contributed by atoms with Crippen molar-refractivity contribution in [3.8, 4) is 22.5 Å². The lowest BCUT2D eigenvalue weighted by molar-refractivity contribution is -0.233. The number of H-pyrrole nitrogens is 1. The number of aryl methyl sites for hydroxylation is 1. The highest BCUT2D eigenvalue weighted by atomic mass is 19.3. The summed E-state index contributed by atoms with van der Waals surface area (Å²) in [5, 5.41) is 17.0. The quantitative estimate of drug-likeness (QED) is 0.0432. The molecule has 1 saturated heterocycles. The van der Waals surface area contributed by atoms with Crippen LogP contribution in [0, 0.1) is 18.8 Å². The van der Waals surface area contributed by atoms with E-state index in [-0.39, 0.29) is 53.4 Å². The Balaban J connectivity index is 1.11. The lowest BCUT2D eigenvalue weighted by atomic mass is 9.81. The molecule has 5 N–H and O–H groups in total. The fourth-order valence-corrected chi connectivity index (χ4v) is 8.52. The van der Waals surface area contributed by atoms with Gasteiger partial charge in [0.15, 0.2) is 5.82 Å². The SMILES string of the molecule is COC(=O)C(F)(F)C(F)(F)c1nc(-c2ccc(NC(=O)[C@H](Cc3ccc(-c4ccc(C(=O)NC5CCN(C(=O)OC(C)(C)C)CC5)cc4C)cc3)NC(=O)C3CCC(CNC(=O)OC(C)(C)C)CC3)cc2)n[nH]1. The van der Waals surface area contributed by atoms with E-state index in [1.807, 2.05) is 64.1 Å². The second kappa shape index (κ2) is 22.8. The number of carbonyl (C=O) groups is 6. The molecule has 0 radical (unpaired) electrons. The van der Waals surface area contributed by atoms with E-state index >= 15 is 0 Å². The van der Waals surface area contributed by atoms with Crippen LogP contribution in [0.1, 0.15) is 107 Å². The maximum Gasteiger partial charge on any atom is 0.412 e. The number of alkyl carbamates (subject to hydrolysis) is 1. The largest absolute Gasteiger partial charge is 0.464 e. The maximum absolute atomic E-state index is 14.6. The number of esters is 1. The van der Waals surface area contributed by atoms with Crippen LogP contribution in [0.5, 0.6) is 0 Å². The summed E-state index contributed by atoms with van der Waals surface area (Å²) in [4.78, 5) is 82.5. The molecule has 3 aromatic carbocycles. The van der Waals surface area contributed by atoms with E-state index in [1.54, 1.807) is 36.8 Å². The Hall–Kier alpha value is -7.06. The van der Waals surface area contributed by atoms with Crippen molar-refractivity contribution in [2.75, 3.05) is 32.1 Å². The topological polar surface area (TPSA) is 223 Å². The third-order valence-electron chi connectivity index (χ3n) is 12.5. The highest BCUT2D eigenvalue weighted by molar-refractivity contribution is 5.98. The van der Waals surface area contributed by atoms with Gasteiger partial charge in [-0.3, -0.25) is 19.5 Å². The molecule has 1 saturated carbocycles. The molecule has 2 heterocycles. The summed E-state index contributed by atoms with van der Waals surface area (Å²) in [6, 6.07) is 17.3. The number of hydrogen-bond donors (Lipinski definition) is 5. The molecule has 0 bridgehead atoms. The zero-order chi connectivity index (χ0) is 53.5. The Bertz CT molecular complexity index is 2620. The van der Waals surface area contributed by atoms with Crippen molar-refractivity contribution in [3.63, 3.8) is 0 Å². The number of hydrogen-bond acceptors (Lipinski definition) is 11. The van der Waals surface area contributed by atoms with Crippen LogP contribution in [0.25, 0.3) is 22.5 Å². The number of aromatic nitrogens is 3. The van der Waals surface area contributed by atoms with Gasteiger partial charge in [0.25, 0.3) is 5.91 Å². The maximum atomic E-state index is 14.6. The Morgan fingerprint density at radius 1 is 0.795 bits per heavy atom. The molecule has 1 aliphatic heterocycles. The predicted octanol–water partition coefficient (Wildman–Crippen LogP) is 8.47. The molecule has 1 aliphatic carbocycles. The number of carbonyl (C=O) groups excluding carboxylic acids is 6. The lowest BCUT2D eigenvalue weighted by Crippen LogP contribution is -2.48. The Morgan fingerprint density at radius 2 is 1.41 bits per heavy atom. The van der Waals surface area contributed by atoms with E-state index in [1.165, 1.54) is 24.3 Å². The number of ether oxygens (including phenoxy) is 3. The molecule has 17 nitrogen and oxygen atoms in total. The van der Waals surface area contributed by atoms with Crippen LogP contribution in [0.15, 0.2) is 66.7 Å². The third-order valence-corrected chi connectivity index (χ3v) is 12.5. The van der Waals surface area contributed by atoms with Gasteiger partial charge in [0, 0.05) is 54.8 Å². The summed E-state index contributed by atoms with van der Waals surface area (Å²) in [6.45, 7) is 14.0. The Labute approximate surface area is 421 Å². The van der Waals surface area contributed by atoms with Gasteiger partial charge in [-0.2, -0.15) is 22.7 Å². The fraction of sp³-hybridized carbons (Fsp3) is 0.500. The fourth-order valence-electron chi connectivity index (χ4n) is 8.52. The number of nitrogens with one attached hydrogen (secondary N) is 5. The van der Waals surface area contributed by atoms with Crippen LogP contribution < -0.4 is 21.3 Å². The van der Waals surface area contributed by atoms with Crippen LogP contribution >= 0.6 is 0 Å². The molecule has 0 unspecified atom stereocenters. The van der Waals surface area contributed by atoms with Gasteiger partial charge in [-0.05, 0) is 152 Å². The number of amides is 5. The Kier molecular flexibility index (Phi) is 17.2. The van der Waals surface area contributed by atoms with E-state index in [2.05, 4.69) is 36.1 Å². The highest BCUT2D eigenvalue weighted by Crippen LogP contribution is 2.42. The number of nitrogens with zero attached hydrogens (tertiary/aromatic N) is 3. The standard InChI is InChI=1S/C52H64F4N8O9/c1-30-27-36(43(66)58-38-23-25-64(26-24-38)48(70)73-50(5,6)7)19-22-39(30)33-13-9-31(10-14-33)28-40(60-42(65)35-15-11-32(12-16-35)29-57-47(69)72-49(2,3)4)44(67)59-37-20-17-34(18-21-37)41-61-45(63-62-41)51(53,54)52(55,56)46(68)71-8/h9-10,13-14,17-22,27,32,35,38,40H,11-12,15-16,23-26,28-29H2,1-8H3,(H,57,69)(H,58,66)(H,59,67)(H,60,65)(H,61,62,63)/t32?,35?,40-/m0/s1. The van der Waals surface area contributed by atoms with Crippen LogP contribution in [0.3, 0.4) is 0 Å². The second-order valence-corrected chi connectivity index (χ2v) is 20.5. The first-order chi connectivity index (χ1) is 34.2. The van der Waals surface area contributed by atoms with Crippen molar-refractivity contribution in [1.29, 1.82) is 0 Å². The second-order valence-electron chi connectivity index (χ2n) is 20.5. The molecular weight excluding hydrogens is 957 g/mol. The monoisotopic (exact) mass is 1020 g/mol. The van der Waals surface area contributed by atoms with Crippen molar-refractivity contribution in [1.82, 2.24) is 36.0 Å². The van der Waals surface area contributed by atoms with E-state index in [9.17, 15) is 46.3 Å². The van der Waals surface area contributed by atoms with Crippen molar-refractivity contribution in [3.05, 3.63) is 89.2 Å². The molecule has 1 atom stereocenters. The summed E-state index contributed by atoms with van der Waals surface area (Å²) in [6.07, 6.45) is 2.79. The molecule has 394 valence electrons. The minimum Gasteiger partial charge on any atom is -0.464 e. The molecule has 2 fully saturated rings. The first-order valence-corrected chi connectivity index (χ1v) is 24.2. The van der Waals surface area contributed by atoms with Gasteiger partial charge in [-0.25, -0.2) is 19.4 Å². The number of anilines is 1. The van der Waals surface area contributed by atoms with Gasteiger partial charge < -0.3 is 40.4 Å². The van der Waals surface area contributed by atoms with Gasteiger partial charge in [-0.1, -0.05) is 30.3 Å². The van der Waals surface area contributed by atoms with E-state index in [4.69, 9.17) is 9.47 Å². The number of aromatic amines is 1. The minimum atomic E-state index is -5.24. The molecule has 0 spiro atoms. The summed E-state index contributed by atoms with van der Waals surface area (Å²) < 4.78 is 72.3. The third kappa shape index (κ3) is 14.6. The molecule has 2 aliphatic rings. The van der Waals surface area contributed by atoms with Gasteiger partial charge >= 0.3 is 30.0 Å². The zero-order valence-corrected chi connectivity index (χ0v) is 42.3. The molecule has 21 heteroatoms. The molecule has 6 rings (SSSR count). The molecule has 4 aromatic rings. The van der Waals surface area contributed by atoms with Crippen molar-refractivity contribution in [2.24, 2.45) is 11.8 Å². The van der Waals surface area contributed by atoms with Crippen molar-refractivity contribution in [2.45, 2.75) is 129 Å². The van der Waals surface area contributed by atoms with Crippen molar-refractivity contribution < 1.29 is 60.5 Å². The summed E-state index contributed by atoms with van der Waals surface area (Å²) in [7, 11) is 0.548. The number of benzene rings is 3. The first kappa shape index (κ1) is 55.3. The molecule has 1 aromatic heterocycles. The predicted molar refractivity (Wildman–Crippen MR) is 262 cm³/mol. The molecule has 5 amide bonds. The number of piperidine rings is 1. The zero-order valence-electron chi connectivity index (χ0n) is 42.3. The molecule has 73 heavy (non-hydrogen) atoms. The van der Waals surface area contributed by atoms with Crippen LogP contribution in [0.4, 0.5) is 32.8 Å². The first-order valence-electron chi connectivity index (χ1n) is 24.2. The number of rotatable bonds is 15. The van der Waals surface area contributed by atoms with E-state index < -0.39 is 58.8 Å². The van der Waals surface area contributed by atoms with Crippen LogP contribution in [0.2, 0.25) is 0 Å².